The maximum atomic E-state index is 5.94. The lowest BCUT2D eigenvalue weighted by Crippen LogP contribution is -2.37. The van der Waals surface area contributed by atoms with Crippen molar-refractivity contribution >= 4 is 11.5 Å². The van der Waals surface area contributed by atoms with Crippen LogP contribution in [0.15, 0.2) is 12.1 Å². The highest BCUT2D eigenvalue weighted by Gasteiger charge is 2.26. The van der Waals surface area contributed by atoms with E-state index >= 15 is 0 Å². The first kappa shape index (κ1) is 14.9. The highest BCUT2D eigenvalue weighted by Crippen LogP contribution is 2.32. The second kappa shape index (κ2) is 5.90. The Morgan fingerprint density at radius 2 is 1.95 bits per heavy atom. The summed E-state index contributed by atoms with van der Waals surface area (Å²) in [4.78, 5) is 6.92. The van der Waals surface area contributed by atoms with Crippen LogP contribution in [0.2, 0.25) is 0 Å². The normalized spacial score (nSPS) is 18.4. The van der Waals surface area contributed by atoms with Crippen LogP contribution < -0.4 is 15.4 Å². The number of nitrogens with zero attached hydrogens (tertiary/aromatic N) is 2. The number of pyridine rings is 1. The Hall–Kier alpha value is -1.45. The van der Waals surface area contributed by atoms with E-state index in [9.17, 15) is 0 Å². The molecule has 1 aromatic rings. The maximum Gasteiger partial charge on any atom is 0.239 e. The molecule has 2 rings (SSSR count). The third-order valence-corrected chi connectivity index (χ3v) is 3.87. The van der Waals surface area contributed by atoms with E-state index in [2.05, 4.69) is 37.6 Å². The summed E-state index contributed by atoms with van der Waals surface area (Å²) in [5.41, 5.74) is 7.01. The van der Waals surface area contributed by atoms with Gasteiger partial charge in [-0.2, -0.15) is 4.98 Å². The lowest BCUT2D eigenvalue weighted by atomic mass is 9.83. The number of nitrogens with two attached hydrogens (primary N) is 1. The molecule has 0 atom stereocenters. The van der Waals surface area contributed by atoms with Crippen molar-refractivity contribution in [3.8, 4) is 5.88 Å². The summed E-state index contributed by atoms with van der Waals surface area (Å²) in [6.45, 7) is 11.6. The van der Waals surface area contributed by atoms with Crippen LogP contribution in [0.3, 0.4) is 0 Å². The van der Waals surface area contributed by atoms with E-state index in [0.717, 1.165) is 18.9 Å². The smallest absolute Gasteiger partial charge is 0.239 e. The molecule has 112 valence electrons. The van der Waals surface area contributed by atoms with Crippen LogP contribution in [0.1, 0.15) is 40.5 Å². The predicted octanol–water partition coefficient (Wildman–Crippen LogP) is 3.33. The van der Waals surface area contributed by atoms with E-state index in [1.54, 1.807) is 0 Å². The number of anilines is 2. The van der Waals surface area contributed by atoms with Gasteiger partial charge in [-0.3, -0.25) is 0 Å². The lowest BCUT2D eigenvalue weighted by molar-refractivity contribution is 0.261. The van der Waals surface area contributed by atoms with Gasteiger partial charge in [-0.05, 0) is 36.3 Å². The van der Waals surface area contributed by atoms with E-state index in [1.807, 2.05) is 12.1 Å². The fraction of sp³-hybridized carbons (Fsp3) is 0.688. The van der Waals surface area contributed by atoms with E-state index in [4.69, 9.17) is 10.5 Å². The van der Waals surface area contributed by atoms with E-state index in [1.165, 1.54) is 12.8 Å². The first-order valence-corrected chi connectivity index (χ1v) is 7.52. The van der Waals surface area contributed by atoms with Gasteiger partial charge in [0.2, 0.25) is 5.88 Å². The van der Waals surface area contributed by atoms with Crippen molar-refractivity contribution in [2.45, 2.75) is 40.5 Å². The zero-order chi connectivity index (χ0) is 14.8. The van der Waals surface area contributed by atoms with Crippen LogP contribution in [-0.2, 0) is 0 Å². The number of aromatic nitrogens is 1. The van der Waals surface area contributed by atoms with E-state index in [0.29, 0.717) is 29.5 Å². The van der Waals surface area contributed by atoms with Crippen LogP contribution >= 0.6 is 0 Å². The van der Waals surface area contributed by atoms with Gasteiger partial charge in [0.15, 0.2) is 0 Å². The highest BCUT2D eigenvalue weighted by molar-refractivity contribution is 5.54. The third kappa shape index (κ3) is 3.78. The number of nitrogen functional groups attached to an aromatic ring is 1. The van der Waals surface area contributed by atoms with E-state index < -0.39 is 0 Å². The topological polar surface area (TPSA) is 51.4 Å². The van der Waals surface area contributed by atoms with Crippen LogP contribution in [0, 0.1) is 11.3 Å². The summed E-state index contributed by atoms with van der Waals surface area (Å²) in [5.74, 6) is 2.02. The molecule has 0 amide bonds. The maximum absolute atomic E-state index is 5.94. The fourth-order valence-corrected chi connectivity index (χ4v) is 2.32. The Labute approximate surface area is 122 Å². The monoisotopic (exact) mass is 277 g/mol. The second-order valence-electron chi connectivity index (χ2n) is 6.92. The van der Waals surface area contributed by atoms with Gasteiger partial charge >= 0.3 is 0 Å². The number of rotatable bonds is 4. The molecule has 1 saturated heterocycles. The van der Waals surface area contributed by atoms with Crippen molar-refractivity contribution in [3.05, 3.63) is 12.1 Å². The Morgan fingerprint density at radius 3 is 2.55 bits per heavy atom. The Balaban J connectivity index is 2.07. The van der Waals surface area contributed by atoms with Crippen molar-refractivity contribution in [1.29, 1.82) is 0 Å². The molecule has 1 aliphatic rings. The summed E-state index contributed by atoms with van der Waals surface area (Å²) >= 11 is 0. The molecule has 4 heteroatoms. The Bertz CT molecular complexity index is 447. The highest BCUT2D eigenvalue weighted by atomic mass is 16.5. The van der Waals surface area contributed by atoms with Gasteiger partial charge < -0.3 is 15.4 Å². The van der Waals surface area contributed by atoms with Crippen LogP contribution in [0.4, 0.5) is 11.5 Å². The van der Waals surface area contributed by atoms with Crippen molar-refractivity contribution < 1.29 is 4.74 Å². The molecule has 20 heavy (non-hydrogen) atoms. The van der Waals surface area contributed by atoms with Crippen molar-refractivity contribution in [3.63, 3.8) is 0 Å². The van der Waals surface area contributed by atoms with Gasteiger partial charge in [-0.1, -0.05) is 27.7 Å². The zero-order valence-corrected chi connectivity index (χ0v) is 13.1. The van der Waals surface area contributed by atoms with E-state index in [-0.39, 0.29) is 0 Å². The average molecular weight is 277 g/mol. The number of piperidine rings is 1. The van der Waals surface area contributed by atoms with Gasteiger partial charge in [0, 0.05) is 13.1 Å². The lowest BCUT2D eigenvalue weighted by Gasteiger charge is -2.37. The molecule has 0 unspecified atom stereocenters. The minimum atomic E-state index is 0.446. The SMILES string of the molecule is CC(C)COc1nc(N2CCC(C)(C)CC2)ccc1N. The quantitative estimate of drug-likeness (QED) is 0.917. The molecule has 1 aliphatic heterocycles. The standard InChI is InChI=1S/C16H27N3O/c1-12(2)11-20-15-13(17)5-6-14(18-15)19-9-7-16(3,4)8-10-19/h5-6,12H,7-11,17H2,1-4H3. The zero-order valence-electron chi connectivity index (χ0n) is 13.1. The van der Waals surface area contributed by atoms with Crippen LogP contribution in [0.25, 0.3) is 0 Å². The minimum Gasteiger partial charge on any atom is -0.476 e. The summed E-state index contributed by atoms with van der Waals surface area (Å²) in [6.07, 6.45) is 2.39. The molecule has 0 aromatic carbocycles. The number of hydrogen-bond donors (Lipinski definition) is 1. The molecule has 2 N–H and O–H groups in total. The molecule has 0 aliphatic carbocycles. The van der Waals surface area contributed by atoms with Crippen LogP contribution in [0.5, 0.6) is 5.88 Å². The van der Waals surface area contributed by atoms with Gasteiger partial charge in [-0.15, -0.1) is 0 Å². The first-order chi connectivity index (χ1) is 9.37. The van der Waals surface area contributed by atoms with Gasteiger partial charge in [0.05, 0.1) is 12.3 Å². The molecule has 0 bridgehead atoms. The van der Waals surface area contributed by atoms with Crippen molar-refractivity contribution in [1.82, 2.24) is 4.98 Å². The molecule has 2 heterocycles. The van der Waals surface area contributed by atoms with Gasteiger partial charge in [0.1, 0.15) is 5.82 Å². The minimum absolute atomic E-state index is 0.446. The summed E-state index contributed by atoms with van der Waals surface area (Å²) in [6, 6.07) is 3.90. The molecule has 4 nitrogen and oxygen atoms in total. The molecule has 0 radical (unpaired) electrons. The average Bonchev–Trinajstić information content (AvgIpc) is 2.38. The van der Waals surface area contributed by atoms with Crippen molar-refractivity contribution in [2.24, 2.45) is 11.3 Å². The third-order valence-electron chi connectivity index (χ3n) is 3.87. The fourth-order valence-electron chi connectivity index (χ4n) is 2.32. The molecule has 1 aromatic heterocycles. The molecular formula is C16H27N3O. The predicted molar refractivity (Wildman–Crippen MR) is 84.2 cm³/mol. The summed E-state index contributed by atoms with van der Waals surface area (Å²) in [5, 5.41) is 0. The molecule has 1 fully saturated rings. The van der Waals surface area contributed by atoms with Crippen LogP contribution in [-0.4, -0.2) is 24.7 Å². The number of ether oxygens (including phenoxy) is 1. The molecule has 0 spiro atoms. The molecular weight excluding hydrogens is 250 g/mol. The van der Waals surface area contributed by atoms with Gasteiger partial charge in [-0.25, -0.2) is 0 Å². The first-order valence-electron chi connectivity index (χ1n) is 7.52. The Morgan fingerprint density at radius 1 is 1.30 bits per heavy atom. The molecule has 0 saturated carbocycles. The van der Waals surface area contributed by atoms with Gasteiger partial charge in [0.25, 0.3) is 0 Å². The largest absolute Gasteiger partial charge is 0.476 e. The van der Waals surface area contributed by atoms with Crippen molar-refractivity contribution in [2.75, 3.05) is 30.3 Å². The number of hydrogen-bond acceptors (Lipinski definition) is 4. The second-order valence-corrected chi connectivity index (χ2v) is 6.92. The Kier molecular flexibility index (Phi) is 4.41. The summed E-state index contributed by atoms with van der Waals surface area (Å²) < 4.78 is 5.71. The summed E-state index contributed by atoms with van der Waals surface area (Å²) in [7, 11) is 0.